The molecule has 0 saturated carbocycles. The van der Waals surface area contributed by atoms with Crippen molar-refractivity contribution >= 4 is 17.7 Å². The SMILES string of the molecule is O=C(Cc1cc(=O)[nH]c(SCc2ccccc2)n1)NCCc1ccccc1. The zero-order valence-electron chi connectivity index (χ0n) is 14.9. The highest BCUT2D eigenvalue weighted by molar-refractivity contribution is 7.98. The van der Waals surface area contributed by atoms with Crippen molar-refractivity contribution in [3.05, 3.63) is 93.9 Å². The topological polar surface area (TPSA) is 74.8 Å². The lowest BCUT2D eigenvalue weighted by Crippen LogP contribution is -2.28. The monoisotopic (exact) mass is 379 g/mol. The van der Waals surface area contributed by atoms with Crippen LogP contribution < -0.4 is 10.9 Å². The maximum Gasteiger partial charge on any atom is 0.251 e. The number of carbonyl (C=O) groups excluding carboxylic acids is 1. The average Bonchev–Trinajstić information content (AvgIpc) is 2.68. The van der Waals surface area contributed by atoms with E-state index in [1.165, 1.54) is 23.4 Å². The van der Waals surface area contributed by atoms with Crippen molar-refractivity contribution in [1.82, 2.24) is 15.3 Å². The first-order valence-corrected chi connectivity index (χ1v) is 9.75. The fourth-order valence-corrected chi connectivity index (χ4v) is 3.44. The Hall–Kier alpha value is -2.86. The fraction of sp³-hybridized carbons (Fsp3) is 0.190. The maximum absolute atomic E-state index is 12.1. The minimum absolute atomic E-state index is 0.0948. The molecule has 2 N–H and O–H groups in total. The molecule has 0 saturated heterocycles. The summed E-state index contributed by atoms with van der Waals surface area (Å²) in [4.78, 5) is 31.1. The Morgan fingerprint density at radius 1 is 1.00 bits per heavy atom. The van der Waals surface area contributed by atoms with E-state index in [1.807, 2.05) is 60.7 Å². The Balaban J connectivity index is 1.52. The maximum atomic E-state index is 12.1. The van der Waals surface area contributed by atoms with Crippen molar-refractivity contribution in [3.63, 3.8) is 0 Å². The van der Waals surface area contributed by atoms with Crippen LogP contribution in [0.1, 0.15) is 16.8 Å². The minimum atomic E-state index is -0.243. The second-order valence-corrected chi connectivity index (χ2v) is 7.04. The Morgan fingerprint density at radius 3 is 2.37 bits per heavy atom. The van der Waals surface area contributed by atoms with Gasteiger partial charge in [-0.3, -0.25) is 9.59 Å². The van der Waals surface area contributed by atoms with Crippen molar-refractivity contribution < 1.29 is 4.79 Å². The van der Waals surface area contributed by atoms with Gasteiger partial charge in [-0.1, -0.05) is 72.4 Å². The van der Waals surface area contributed by atoms with Crippen LogP contribution in [0.5, 0.6) is 0 Å². The average molecular weight is 379 g/mol. The molecule has 6 heteroatoms. The van der Waals surface area contributed by atoms with E-state index in [1.54, 1.807) is 0 Å². The largest absolute Gasteiger partial charge is 0.355 e. The number of hydrogen-bond donors (Lipinski definition) is 2. The lowest BCUT2D eigenvalue weighted by molar-refractivity contribution is -0.120. The number of carbonyl (C=O) groups is 1. The van der Waals surface area contributed by atoms with Crippen LogP contribution in [0.25, 0.3) is 0 Å². The molecule has 0 aliphatic rings. The molecular formula is C21H21N3O2S. The molecule has 27 heavy (non-hydrogen) atoms. The lowest BCUT2D eigenvalue weighted by Gasteiger charge is -2.06. The predicted octanol–water partition coefficient (Wildman–Crippen LogP) is 2.96. The Bertz CT molecular complexity index is 927. The molecule has 5 nitrogen and oxygen atoms in total. The summed E-state index contributed by atoms with van der Waals surface area (Å²) in [6.07, 6.45) is 0.866. The zero-order chi connectivity index (χ0) is 18.9. The highest BCUT2D eigenvalue weighted by atomic mass is 32.2. The van der Waals surface area contributed by atoms with Gasteiger partial charge in [-0.25, -0.2) is 4.98 Å². The fourth-order valence-electron chi connectivity index (χ4n) is 2.59. The second-order valence-electron chi connectivity index (χ2n) is 6.08. The number of hydrogen-bond acceptors (Lipinski definition) is 4. The number of nitrogens with zero attached hydrogens (tertiary/aromatic N) is 1. The summed E-state index contributed by atoms with van der Waals surface area (Å²) in [5.74, 6) is 0.569. The van der Waals surface area contributed by atoms with Crippen LogP contribution in [0.3, 0.4) is 0 Å². The van der Waals surface area contributed by atoms with E-state index < -0.39 is 0 Å². The molecule has 1 amide bonds. The summed E-state index contributed by atoms with van der Waals surface area (Å²) in [7, 11) is 0. The van der Waals surface area contributed by atoms with Gasteiger partial charge in [0.15, 0.2) is 5.16 Å². The molecule has 0 spiro atoms. The van der Waals surface area contributed by atoms with Crippen LogP contribution in [-0.2, 0) is 23.4 Å². The highest BCUT2D eigenvalue weighted by Crippen LogP contribution is 2.18. The van der Waals surface area contributed by atoms with E-state index in [2.05, 4.69) is 15.3 Å². The van der Waals surface area contributed by atoms with Crippen LogP contribution in [0.15, 0.2) is 76.7 Å². The molecule has 138 valence electrons. The van der Waals surface area contributed by atoms with E-state index in [9.17, 15) is 9.59 Å². The molecule has 3 aromatic rings. The van der Waals surface area contributed by atoms with E-state index in [0.29, 0.717) is 23.1 Å². The summed E-state index contributed by atoms with van der Waals surface area (Å²) < 4.78 is 0. The first kappa shape index (κ1) is 18.9. The van der Waals surface area contributed by atoms with Crippen LogP contribution >= 0.6 is 11.8 Å². The third kappa shape index (κ3) is 6.42. The number of thioether (sulfide) groups is 1. The van der Waals surface area contributed by atoms with Gasteiger partial charge in [0, 0.05) is 18.4 Å². The van der Waals surface area contributed by atoms with Crippen molar-refractivity contribution in [2.75, 3.05) is 6.54 Å². The van der Waals surface area contributed by atoms with Gasteiger partial charge in [-0.15, -0.1) is 0 Å². The lowest BCUT2D eigenvalue weighted by atomic mass is 10.1. The number of aromatic amines is 1. The van der Waals surface area contributed by atoms with Gasteiger partial charge in [-0.05, 0) is 17.5 Å². The number of nitrogens with one attached hydrogen (secondary N) is 2. The molecule has 1 heterocycles. The summed E-state index contributed by atoms with van der Waals surface area (Å²) >= 11 is 1.45. The number of aromatic nitrogens is 2. The third-order valence-corrected chi connectivity index (χ3v) is 4.86. The number of rotatable bonds is 8. The predicted molar refractivity (Wildman–Crippen MR) is 108 cm³/mol. The zero-order valence-corrected chi connectivity index (χ0v) is 15.7. The molecule has 0 fully saturated rings. The smallest absolute Gasteiger partial charge is 0.251 e. The number of amides is 1. The summed E-state index contributed by atoms with van der Waals surface area (Å²) in [5.41, 5.74) is 2.56. The Kier molecular flexibility index (Phi) is 6.82. The molecule has 2 aromatic carbocycles. The molecular weight excluding hydrogens is 358 g/mol. The Morgan fingerprint density at radius 2 is 1.67 bits per heavy atom. The van der Waals surface area contributed by atoms with Crippen molar-refractivity contribution in [1.29, 1.82) is 0 Å². The van der Waals surface area contributed by atoms with Gasteiger partial charge < -0.3 is 10.3 Å². The van der Waals surface area contributed by atoms with Gasteiger partial charge in [0.25, 0.3) is 5.56 Å². The van der Waals surface area contributed by atoms with Crippen molar-refractivity contribution in [2.45, 2.75) is 23.8 Å². The van der Waals surface area contributed by atoms with Crippen LogP contribution in [0.2, 0.25) is 0 Å². The van der Waals surface area contributed by atoms with Gasteiger partial charge >= 0.3 is 0 Å². The number of H-pyrrole nitrogens is 1. The van der Waals surface area contributed by atoms with E-state index in [0.717, 1.165) is 12.0 Å². The highest BCUT2D eigenvalue weighted by Gasteiger charge is 2.08. The molecule has 0 bridgehead atoms. The standard InChI is InChI=1S/C21H21N3O2S/c25-19(22-12-11-16-7-3-1-4-8-16)13-18-14-20(26)24-21(23-18)27-15-17-9-5-2-6-10-17/h1-10,14H,11-13,15H2,(H,22,25)(H,23,24,26). The molecule has 0 radical (unpaired) electrons. The summed E-state index contributed by atoms with van der Waals surface area (Å²) in [6, 6.07) is 21.3. The van der Waals surface area contributed by atoms with Crippen LogP contribution in [0, 0.1) is 0 Å². The van der Waals surface area contributed by atoms with Gasteiger partial charge in [0.1, 0.15) is 0 Å². The second kappa shape index (κ2) is 9.73. The van der Waals surface area contributed by atoms with E-state index in [-0.39, 0.29) is 17.9 Å². The first-order chi connectivity index (χ1) is 13.2. The summed E-state index contributed by atoms with van der Waals surface area (Å²) in [5, 5.41) is 3.40. The first-order valence-electron chi connectivity index (χ1n) is 8.76. The van der Waals surface area contributed by atoms with Gasteiger partial charge in [-0.2, -0.15) is 0 Å². The summed E-state index contributed by atoms with van der Waals surface area (Å²) in [6.45, 7) is 0.557. The molecule has 3 rings (SSSR count). The van der Waals surface area contributed by atoms with E-state index >= 15 is 0 Å². The number of benzene rings is 2. The van der Waals surface area contributed by atoms with Crippen LogP contribution in [-0.4, -0.2) is 22.4 Å². The van der Waals surface area contributed by atoms with Crippen LogP contribution in [0.4, 0.5) is 0 Å². The van der Waals surface area contributed by atoms with E-state index in [4.69, 9.17) is 0 Å². The van der Waals surface area contributed by atoms with Gasteiger partial charge in [0.05, 0.1) is 12.1 Å². The molecule has 0 aliphatic heterocycles. The minimum Gasteiger partial charge on any atom is -0.355 e. The van der Waals surface area contributed by atoms with Crippen molar-refractivity contribution in [3.8, 4) is 0 Å². The molecule has 0 aliphatic carbocycles. The molecule has 0 unspecified atom stereocenters. The van der Waals surface area contributed by atoms with Crippen molar-refractivity contribution in [2.24, 2.45) is 0 Å². The van der Waals surface area contributed by atoms with Gasteiger partial charge in [0.2, 0.25) is 5.91 Å². The molecule has 0 atom stereocenters. The Labute approximate surface area is 162 Å². The third-order valence-electron chi connectivity index (χ3n) is 3.91. The normalized spacial score (nSPS) is 10.5. The quantitative estimate of drug-likeness (QED) is 0.466. The molecule has 1 aromatic heterocycles.